The number of nitrogens with two attached hydrogens (primary N) is 1. The number of benzene rings is 1. The van der Waals surface area contributed by atoms with Crippen LogP contribution in [0.3, 0.4) is 0 Å². The SMILES string of the molecule is CC1(C)C(N)=N[C@@]2(CCOc3ccc(NC(=O)c4ccc(OCF)cn4)cc32)CS1(=O)=O. The molecule has 9 nitrogen and oxygen atoms in total. The number of amidine groups is 1. The molecule has 0 unspecified atom stereocenters. The fourth-order valence-electron chi connectivity index (χ4n) is 3.74. The molecule has 0 saturated heterocycles. The van der Waals surface area contributed by atoms with Gasteiger partial charge in [-0.1, -0.05) is 0 Å². The van der Waals surface area contributed by atoms with Gasteiger partial charge in [-0.25, -0.2) is 17.8 Å². The van der Waals surface area contributed by atoms with Gasteiger partial charge in [0.15, 0.2) is 9.84 Å². The number of fused-ring (bicyclic) bond motifs is 2. The smallest absolute Gasteiger partial charge is 0.274 e. The minimum absolute atomic E-state index is 0.0471. The second-order valence-electron chi connectivity index (χ2n) is 8.19. The van der Waals surface area contributed by atoms with Crippen molar-refractivity contribution in [1.29, 1.82) is 0 Å². The van der Waals surface area contributed by atoms with Gasteiger partial charge in [0.1, 0.15) is 33.3 Å². The van der Waals surface area contributed by atoms with Crippen molar-refractivity contribution in [2.24, 2.45) is 10.7 Å². The van der Waals surface area contributed by atoms with Gasteiger partial charge in [-0.05, 0) is 44.2 Å². The Morgan fingerprint density at radius 2 is 2.09 bits per heavy atom. The molecule has 1 aromatic carbocycles. The van der Waals surface area contributed by atoms with E-state index in [0.29, 0.717) is 30.0 Å². The molecule has 0 aliphatic carbocycles. The molecule has 4 rings (SSSR count). The van der Waals surface area contributed by atoms with Gasteiger partial charge in [-0.2, -0.15) is 0 Å². The van der Waals surface area contributed by atoms with Gasteiger partial charge < -0.3 is 20.5 Å². The molecule has 1 amide bonds. The Balaban J connectivity index is 1.67. The normalized spacial score (nSPS) is 22.9. The number of nitrogens with one attached hydrogen (secondary N) is 1. The van der Waals surface area contributed by atoms with Crippen LogP contribution in [0.25, 0.3) is 0 Å². The maximum absolute atomic E-state index is 13.0. The van der Waals surface area contributed by atoms with Crippen LogP contribution in [0.2, 0.25) is 0 Å². The molecule has 3 N–H and O–H groups in total. The number of ether oxygens (including phenoxy) is 2. The molecule has 3 heterocycles. The first kappa shape index (κ1) is 22.0. The number of halogens is 1. The first-order chi connectivity index (χ1) is 15.1. The number of carbonyl (C=O) groups excluding carboxylic acids is 1. The Morgan fingerprint density at radius 3 is 2.75 bits per heavy atom. The summed E-state index contributed by atoms with van der Waals surface area (Å²) in [5.74, 6) is 0.0353. The number of nitrogens with zero attached hydrogens (tertiary/aromatic N) is 2. The zero-order valence-electron chi connectivity index (χ0n) is 17.6. The van der Waals surface area contributed by atoms with Gasteiger partial charge in [0.05, 0.1) is 18.6 Å². The molecule has 0 radical (unpaired) electrons. The summed E-state index contributed by atoms with van der Waals surface area (Å²) >= 11 is 0. The molecule has 2 aliphatic rings. The molecule has 170 valence electrons. The third kappa shape index (κ3) is 3.66. The number of aliphatic imine (C=N–C) groups is 1. The lowest BCUT2D eigenvalue weighted by molar-refractivity contribution is 0.102. The number of amides is 1. The molecule has 32 heavy (non-hydrogen) atoms. The van der Waals surface area contributed by atoms with Gasteiger partial charge >= 0.3 is 0 Å². The van der Waals surface area contributed by atoms with Crippen LogP contribution in [0.5, 0.6) is 11.5 Å². The average molecular weight is 463 g/mol. The third-order valence-corrected chi connectivity index (χ3v) is 8.48. The summed E-state index contributed by atoms with van der Waals surface area (Å²) in [4.78, 5) is 21.2. The van der Waals surface area contributed by atoms with Crippen LogP contribution in [-0.4, -0.2) is 49.1 Å². The second kappa shape index (κ2) is 7.73. The maximum Gasteiger partial charge on any atom is 0.274 e. The molecule has 1 aromatic heterocycles. The summed E-state index contributed by atoms with van der Waals surface area (Å²) in [5.41, 5.74) is 6.07. The molecule has 1 atom stereocenters. The molecule has 0 fully saturated rings. The number of pyridine rings is 1. The molecule has 2 aliphatic heterocycles. The molecular weight excluding hydrogens is 439 g/mol. The predicted octanol–water partition coefficient (Wildman–Crippen LogP) is 2.18. The lowest BCUT2D eigenvalue weighted by Crippen LogP contribution is -2.56. The number of carbonyl (C=O) groups is 1. The number of sulfone groups is 1. The van der Waals surface area contributed by atoms with Gasteiger partial charge in [-0.15, -0.1) is 0 Å². The van der Waals surface area contributed by atoms with E-state index in [1.54, 1.807) is 32.0 Å². The van der Waals surface area contributed by atoms with Crippen LogP contribution in [0.4, 0.5) is 10.1 Å². The van der Waals surface area contributed by atoms with Crippen molar-refractivity contribution < 1.29 is 27.1 Å². The van der Waals surface area contributed by atoms with Crippen LogP contribution in [-0.2, 0) is 15.4 Å². The van der Waals surface area contributed by atoms with Crippen molar-refractivity contribution >= 4 is 27.3 Å². The van der Waals surface area contributed by atoms with E-state index in [1.807, 2.05) is 0 Å². The van der Waals surface area contributed by atoms with Gasteiger partial charge in [0, 0.05) is 17.7 Å². The largest absolute Gasteiger partial charge is 0.493 e. The van der Waals surface area contributed by atoms with E-state index in [4.69, 9.17) is 10.5 Å². The summed E-state index contributed by atoms with van der Waals surface area (Å²) in [7, 11) is -3.60. The molecule has 0 bridgehead atoms. The van der Waals surface area contributed by atoms with Crippen molar-refractivity contribution in [3.05, 3.63) is 47.8 Å². The zero-order valence-corrected chi connectivity index (χ0v) is 18.4. The monoisotopic (exact) mass is 462 g/mol. The van der Waals surface area contributed by atoms with Crippen molar-refractivity contribution in [3.8, 4) is 11.5 Å². The average Bonchev–Trinajstić information content (AvgIpc) is 2.74. The standard InChI is InChI=1S/C21H23FN4O5S/c1-20(2)19(23)26-21(11-32(20,28)29)7-8-30-17-6-3-13(9-15(17)21)25-18(27)16-5-4-14(10-24-16)31-12-22/h3-6,9-10H,7-8,11-12H2,1-2H3,(H2,23,26)(H,25,27)/t21-/m0/s1. The van der Waals surface area contributed by atoms with Crippen molar-refractivity contribution in [1.82, 2.24) is 4.98 Å². The Labute approximate surface area is 184 Å². The quantitative estimate of drug-likeness (QED) is 0.711. The van der Waals surface area contributed by atoms with E-state index in [2.05, 4.69) is 20.0 Å². The number of rotatable bonds is 4. The fourth-order valence-corrected chi connectivity index (χ4v) is 5.46. The minimum Gasteiger partial charge on any atom is -0.493 e. The van der Waals surface area contributed by atoms with Crippen LogP contribution < -0.4 is 20.5 Å². The van der Waals surface area contributed by atoms with Crippen LogP contribution >= 0.6 is 0 Å². The van der Waals surface area contributed by atoms with Crippen molar-refractivity contribution in [3.63, 3.8) is 0 Å². The third-order valence-electron chi connectivity index (χ3n) is 5.86. The van der Waals surface area contributed by atoms with E-state index < -0.39 is 32.9 Å². The molecular formula is C21H23FN4O5S. The lowest BCUT2D eigenvalue weighted by Gasteiger charge is -2.42. The highest BCUT2D eigenvalue weighted by atomic mass is 32.2. The van der Waals surface area contributed by atoms with E-state index in [-0.39, 0.29) is 23.0 Å². The number of aromatic nitrogens is 1. The highest BCUT2D eigenvalue weighted by Crippen LogP contribution is 2.46. The molecule has 1 spiro atoms. The van der Waals surface area contributed by atoms with Gasteiger partial charge in [-0.3, -0.25) is 9.79 Å². The minimum atomic E-state index is -3.60. The number of anilines is 1. The molecule has 0 saturated carbocycles. The zero-order chi connectivity index (χ0) is 23.1. The van der Waals surface area contributed by atoms with Crippen molar-refractivity contribution in [2.45, 2.75) is 30.6 Å². The summed E-state index contributed by atoms with van der Waals surface area (Å²) in [5, 5.41) is 2.73. The fraction of sp³-hybridized carbons (Fsp3) is 0.381. The lowest BCUT2D eigenvalue weighted by atomic mass is 9.85. The van der Waals surface area contributed by atoms with Crippen molar-refractivity contribution in [2.75, 3.05) is 24.5 Å². The number of alkyl halides is 1. The Hall–Kier alpha value is -3.21. The topological polar surface area (TPSA) is 133 Å². The maximum atomic E-state index is 13.0. The summed E-state index contributed by atoms with van der Waals surface area (Å²) in [6.07, 6.45) is 1.58. The Morgan fingerprint density at radius 1 is 1.31 bits per heavy atom. The van der Waals surface area contributed by atoms with E-state index >= 15 is 0 Å². The highest BCUT2D eigenvalue weighted by Gasteiger charge is 2.52. The molecule has 11 heteroatoms. The number of hydrogen-bond donors (Lipinski definition) is 2. The van der Waals surface area contributed by atoms with Crippen LogP contribution in [0.1, 0.15) is 36.3 Å². The first-order valence-corrected chi connectivity index (χ1v) is 11.5. The number of hydrogen-bond acceptors (Lipinski definition) is 8. The second-order valence-corrected chi connectivity index (χ2v) is 10.7. The highest BCUT2D eigenvalue weighted by molar-refractivity contribution is 7.93. The molecule has 2 aromatic rings. The summed E-state index contributed by atoms with van der Waals surface area (Å²) in [6.45, 7) is 2.39. The van der Waals surface area contributed by atoms with E-state index in [9.17, 15) is 17.6 Å². The summed E-state index contributed by atoms with van der Waals surface area (Å²) in [6, 6.07) is 7.80. The van der Waals surface area contributed by atoms with E-state index in [1.165, 1.54) is 18.3 Å². The van der Waals surface area contributed by atoms with Gasteiger partial charge in [0.2, 0.25) is 6.86 Å². The summed E-state index contributed by atoms with van der Waals surface area (Å²) < 4.78 is 47.4. The Bertz CT molecular complexity index is 1200. The van der Waals surface area contributed by atoms with Crippen LogP contribution in [0, 0.1) is 0 Å². The van der Waals surface area contributed by atoms with E-state index in [0.717, 1.165) is 0 Å². The van der Waals surface area contributed by atoms with Gasteiger partial charge in [0.25, 0.3) is 5.91 Å². The van der Waals surface area contributed by atoms with Crippen LogP contribution in [0.15, 0.2) is 41.5 Å². The first-order valence-electron chi connectivity index (χ1n) is 9.90. The predicted molar refractivity (Wildman–Crippen MR) is 117 cm³/mol. The Kier molecular flexibility index (Phi) is 5.32.